The van der Waals surface area contributed by atoms with Gasteiger partial charge < -0.3 is 15.2 Å². The van der Waals surface area contributed by atoms with E-state index in [0.717, 1.165) is 53.8 Å². The number of anilines is 1. The second-order valence-electron chi connectivity index (χ2n) is 8.26. The summed E-state index contributed by atoms with van der Waals surface area (Å²) >= 11 is 0. The Balaban J connectivity index is 1.49. The highest BCUT2D eigenvalue weighted by Crippen LogP contribution is 2.33. The zero-order chi connectivity index (χ0) is 20.9. The third-order valence-corrected chi connectivity index (χ3v) is 5.82. The second-order valence-corrected chi connectivity index (χ2v) is 8.26. The minimum absolute atomic E-state index is 0.236. The van der Waals surface area contributed by atoms with Crippen LogP contribution in [0.15, 0.2) is 30.6 Å². The molecule has 1 aliphatic rings. The highest BCUT2D eigenvalue weighted by Gasteiger charge is 2.29. The molecule has 1 saturated carbocycles. The third kappa shape index (κ3) is 3.35. The Labute approximate surface area is 173 Å². The first-order valence-corrected chi connectivity index (χ1v) is 10.2. The molecule has 1 fully saturated rings. The summed E-state index contributed by atoms with van der Waals surface area (Å²) < 4.78 is 9.18. The average molecular weight is 407 g/mol. The molecule has 0 radical (unpaired) electrons. The lowest BCUT2D eigenvalue weighted by atomic mass is 9.84. The van der Waals surface area contributed by atoms with Crippen LogP contribution in [0.25, 0.3) is 22.3 Å². The molecule has 4 aromatic rings. The number of nitrogens with one attached hydrogen (secondary N) is 1. The number of aliphatic hydroxyl groups is 1. The molecule has 0 unspecified atom stereocenters. The van der Waals surface area contributed by atoms with Gasteiger partial charge in [-0.25, -0.2) is 14.0 Å². The maximum absolute atomic E-state index is 10.2. The van der Waals surface area contributed by atoms with Crippen molar-refractivity contribution in [1.29, 1.82) is 0 Å². The van der Waals surface area contributed by atoms with Crippen LogP contribution >= 0.6 is 0 Å². The number of rotatable bonds is 4. The van der Waals surface area contributed by atoms with Crippen LogP contribution in [-0.2, 0) is 0 Å². The molecule has 156 valence electrons. The van der Waals surface area contributed by atoms with Crippen molar-refractivity contribution in [2.45, 2.75) is 51.2 Å². The molecule has 0 atom stereocenters. The van der Waals surface area contributed by atoms with Crippen molar-refractivity contribution < 1.29 is 9.84 Å². The highest BCUT2D eigenvalue weighted by atomic mass is 16.5. The SMILES string of the molecule is COc1nc(NC2CCC(C)(O)CC2)nn2ccc(-c3ccc4nc(C)nn4c3)c12. The van der Waals surface area contributed by atoms with Gasteiger partial charge in [0, 0.05) is 29.6 Å². The summed E-state index contributed by atoms with van der Waals surface area (Å²) in [5.74, 6) is 1.76. The van der Waals surface area contributed by atoms with E-state index in [0.29, 0.717) is 11.8 Å². The third-order valence-electron chi connectivity index (χ3n) is 5.82. The minimum atomic E-state index is -0.570. The number of hydrogen-bond donors (Lipinski definition) is 2. The lowest BCUT2D eigenvalue weighted by Crippen LogP contribution is -2.36. The van der Waals surface area contributed by atoms with Crippen molar-refractivity contribution in [2.24, 2.45) is 0 Å². The summed E-state index contributed by atoms with van der Waals surface area (Å²) in [5, 5.41) is 22.6. The van der Waals surface area contributed by atoms with Crippen LogP contribution in [0.2, 0.25) is 0 Å². The summed E-state index contributed by atoms with van der Waals surface area (Å²) in [7, 11) is 1.62. The van der Waals surface area contributed by atoms with E-state index < -0.39 is 5.60 Å². The molecule has 0 aromatic carbocycles. The van der Waals surface area contributed by atoms with Crippen LogP contribution in [0.4, 0.5) is 5.95 Å². The van der Waals surface area contributed by atoms with E-state index in [1.54, 1.807) is 16.1 Å². The zero-order valence-corrected chi connectivity index (χ0v) is 17.3. The number of aromatic nitrogens is 6. The van der Waals surface area contributed by atoms with Crippen molar-refractivity contribution in [3.63, 3.8) is 0 Å². The Morgan fingerprint density at radius 2 is 1.93 bits per heavy atom. The molecule has 4 aromatic heterocycles. The number of hydrogen-bond acceptors (Lipinski definition) is 7. The monoisotopic (exact) mass is 407 g/mol. The fourth-order valence-electron chi connectivity index (χ4n) is 4.15. The van der Waals surface area contributed by atoms with E-state index >= 15 is 0 Å². The Hall–Kier alpha value is -3.20. The van der Waals surface area contributed by atoms with Crippen LogP contribution in [0.1, 0.15) is 38.4 Å². The normalized spacial score (nSPS) is 21.9. The number of aryl methyl sites for hydroxylation is 1. The molecule has 0 saturated heterocycles. The maximum atomic E-state index is 10.2. The molecule has 0 aliphatic heterocycles. The molecule has 5 rings (SSSR count). The van der Waals surface area contributed by atoms with E-state index in [4.69, 9.17) is 4.74 Å². The van der Waals surface area contributed by atoms with Gasteiger partial charge in [-0.3, -0.25) is 0 Å². The predicted octanol–water partition coefficient (Wildman–Crippen LogP) is 2.86. The van der Waals surface area contributed by atoms with Gasteiger partial charge in [0.1, 0.15) is 11.3 Å². The van der Waals surface area contributed by atoms with E-state index in [9.17, 15) is 5.11 Å². The van der Waals surface area contributed by atoms with Crippen molar-refractivity contribution in [1.82, 2.24) is 29.2 Å². The quantitative estimate of drug-likeness (QED) is 0.536. The molecule has 0 spiro atoms. The molecule has 0 amide bonds. The number of nitrogens with zero attached hydrogens (tertiary/aromatic N) is 6. The molecule has 1 aliphatic carbocycles. The number of methoxy groups -OCH3 is 1. The molecule has 4 heterocycles. The summed E-state index contributed by atoms with van der Waals surface area (Å²) in [6.07, 6.45) is 7.15. The van der Waals surface area contributed by atoms with E-state index in [2.05, 4.69) is 25.5 Å². The molecular formula is C21H25N7O2. The lowest BCUT2D eigenvalue weighted by Gasteiger charge is -2.33. The van der Waals surface area contributed by atoms with Crippen molar-refractivity contribution in [3.8, 4) is 17.0 Å². The minimum Gasteiger partial charge on any atom is -0.479 e. The first-order chi connectivity index (χ1) is 14.4. The van der Waals surface area contributed by atoms with Gasteiger partial charge in [0.05, 0.1) is 12.7 Å². The fraction of sp³-hybridized carbons (Fsp3) is 0.429. The average Bonchev–Trinajstić information content (AvgIpc) is 3.30. The second kappa shape index (κ2) is 6.94. The summed E-state index contributed by atoms with van der Waals surface area (Å²) in [4.78, 5) is 8.99. The molecule has 2 N–H and O–H groups in total. The fourth-order valence-corrected chi connectivity index (χ4v) is 4.15. The van der Waals surface area contributed by atoms with Crippen LogP contribution in [0.3, 0.4) is 0 Å². The summed E-state index contributed by atoms with van der Waals surface area (Å²) in [6.45, 7) is 3.77. The van der Waals surface area contributed by atoms with Crippen LogP contribution < -0.4 is 10.1 Å². The van der Waals surface area contributed by atoms with Gasteiger partial charge >= 0.3 is 0 Å². The smallest absolute Gasteiger partial charge is 0.244 e. The first kappa shape index (κ1) is 18.8. The van der Waals surface area contributed by atoms with Gasteiger partial charge in [0.2, 0.25) is 11.8 Å². The van der Waals surface area contributed by atoms with E-state index in [1.165, 1.54) is 0 Å². The van der Waals surface area contributed by atoms with Crippen molar-refractivity contribution >= 4 is 17.1 Å². The van der Waals surface area contributed by atoms with Gasteiger partial charge in [-0.2, -0.15) is 10.1 Å². The Morgan fingerprint density at radius 3 is 2.70 bits per heavy atom. The van der Waals surface area contributed by atoms with Crippen LogP contribution in [-0.4, -0.2) is 53.1 Å². The molecule has 9 heteroatoms. The van der Waals surface area contributed by atoms with Crippen LogP contribution in [0, 0.1) is 6.92 Å². The predicted molar refractivity (Wildman–Crippen MR) is 113 cm³/mol. The van der Waals surface area contributed by atoms with E-state index in [-0.39, 0.29) is 6.04 Å². The highest BCUT2D eigenvalue weighted by molar-refractivity contribution is 5.84. The molecule has 9 nitrogen and oxygen atoms in total. The summed E-state index contributed by atoms with van der Waals surface area (Å²) in [5.41, 5.74) is 2.97. The van der Waals surface area contributed by atoms with Crippen molar-refractivity contribution in [2.75, 3.05) is 12.4 Å². The zero-order valence-electron chi connectivity index (χ0n) is 17.3. The molecule has 0 bridgehead atoms. The Kier molecular flexibility index (Phi) is 4.35. The Morgan fingerprint density at radius 1 is 1.13 bits per heavy atom. The first-order valence-electron chi connectivity index (χ1n) is 10.2. The Bertz CT molecular complexity index is 1220. The molecule has 30 heavy (non-hydrogen) atoms. The standard InChI is InChI=1S/C21H25N7O2/c1-13-22-17-5-4-14(12-28(17)25-13)16-8-11-27-18(16)19(30-3)24-20(26-27)23-15-6-9-21(2,29)10-7-15/h4-5,8,11-12,15,29H,6-7,9-10H2,1-3H3,(H,23,26). The lowest BCUT2D eigenvalue weighted by molar-refractivity contribution is 0.0195. The number of fused-ring (bicyclic) bond motifs is 2. The summed E-state index contributed by atoms with van der Waals surface area (Å²) in [6, 6.07) is 6.19. The molecular weight excluding hydrogens is 382 g/mol. The van der Waals surface area contributed by atoms with E-state index in [1.807, 2.05) is 44.4 Å². The number of ether oxygens (including phenoxy) is 1. The van der Waals surface area contributed by atoms with Gasteiger partial charge in [-0.1, -0.05) is 0 Å². The van der Waals surface area contributed by atoms with Crippen molar-refractivity contribution in [3.05, 3.63) is 36.4 Å². The topological polar surface area (TPSA) is 102 Å². The van der Waals surface area contributed by atoms with Gasteiger partial charge in [0.15, 0.2) is 5.65 Å². The van der Waals surface area contributed by atoms with Crippen LogP contribution in [0.5, 0.6) is 5.88 Å². The van der Waals surface area contributed by atoms with Gasteiger partial charge in [-0.05, 0) is 57.7 Å². The largest absolute Gasteiger partial charge is 0.479 e. The van der Waals surface area contributed by atoms with Gasteiger partial charge in [-0.15, -0.1) is 5.10 Å². The number of pyridine rings is 1. The van der Waals surface area contributed by atoms with Gasteiger partial charge in [0.25, 0.3) is 0 Å². The maximum Gasteiger partial charge on any atom is 0.244 e.